The summed E-state index contributed by atoms with van der Waals surface area (Å²) in [5, 5.41) is 6.11. The minimum atomic E-state index is -0.234. The maximum absolute atomic E-state index is 12.4. The lowest BCUT2D eigenvalue weighted by molar-refractivity contribution is 0.102. The smallest absolute Gasteiger partial charge is 0.258 e. The standard InChI is InChI=1S/C22H24N4O/c1-15-8-7-9-17(12-15)25-20(27)16-13-23-21(24-14-16)26-19-11-6-5-10-18(19)22(2,3)4/h5-14H,1-4H3,(H,25,27)(H,23,24,26). The first-order valence-electron chi connectivity index (χ1n) is 8.89. The fraction of sp³-hybridized carbons (Fsp3) is 0.227. The number of carbonyl (C=O) groups excluding carboxylic acids is 1. The summed E-state index contributed by atoms with van der Waals surface area (Å²) in [6, 6.07) is 15.7. The first kappa shape index (κ1) is 18.6. The van der Waals surface area contributed by atoms with Gasteiger partial charge in [-0.15, -0.1) is 0 Å². The number of aromatic nitrogens is 2. The summed E-state index contributed by atoms with van der Waals surface area (Å²) in [6.07, 6.45) is 3.06. The summed E-state index contributed by atoms with van der Waals surface area (Å²) in [6.45, 7) is 8.46. The maximum Gasteiger partial charge on any atom is 0.258 e. The van der Waals surface area contributed by atoms with Crippen LogP contribution in [-0.4, -0.2) is 15.9 Å². The van der Waals surface area contributed by atoms with Crippen LogP contribution >= 0.6 is 0 Å². The molecule has 5 nitrogen and oxygen atoms in total. The number of para-hydroxylation sites is 1. The molecule has 0 bridgehead atoms. The molecule has 27 heavy (non-hydrogen) atoms. The van der Waals surface area contributed by atoms with Gasteiger partial charge in [-0.3, -0.25) is 4.79 Å². The van der Waals surface area contributed by atoms with Gasteiger partial charge in [-0.25, -0.2) is 9.97 Å². The van der Waals surface area contributed by atoms with E-state index in [1.165, 1.54) is 18.0 Å². The van der Waals surface area contributed by atoms with Crippen molar-refractivity contribution in [1.29, 1.82) is 0 Å². The molecule has 2 N–H and O–H groups in total. The van der Waals surface area contributed by atoms with Crippen molar-refractivity contribution in [2.75, 3.05) is 10.6 Å². The third-order valence-corrected chi connectivity index (χ3v) is 4.17. The Hall–Kier alpha value is -3.21. The van der Waals surface area contributed by atoms with Gasteiger partial charge in [-0.2, -0.15) is 0 Å². The molecule has 1 aromatic heterocycles. The van der Waals surface area contributed by atoms with E-state index in [0.717, 1.165) is 16.9 Å². The van der Waals surface area contributed by atoms with Crippen LogP contribution in [0.15, 0.2) is 60.9 Å². The van der Waals surface area contributed by atoms with Gasteiger partial charge in [0.05, 0.1) is 5.56 Å². The van der Waals surface area contributed by atoms with Crippen molar-refractivity contribution in [2.24, 2.45) is 0 Å². The molecule has 0 saturated heterocycles. The van der Waals surface area contributed by atoms with Crippen molar-refractivity contribution < 1.29 is 4.79 Å². The molecular formula is C22H24N4O. The summed E-state index contributed by atoms with van der Waals surface area (Å²) in [5.41, 5.74) is 4.38. The highest BCUT2D eigenvalue weighted by Gasteiger charge is 2.18. The number of nitrogens with zero attached hydrogens (tertiary/aromatic N) is 2. The zero-order valence-electron chi connectivity index (χ0n) is 16.1. The number of amides is 1. The Morgan fingerprint density at radius 3 is 2.33 bits per heavy atom. The molecule has 1 heterocycles. The molecule has 0 fully saturated rings. The fourth-order valence-corrected chi connectivity index (χ4v) is 2.80. The van der Waals surface area contributed by atoms with Crippen LogP contribution in [0.25, 0.3) is 0 Å². The summed E-state index contributed by atoms with van der Waals surface area (Å²) >= 11 is 0. The van der Waals surface area contributed by atoms with Crippen LogP contribution in [0.5, 0.6) is 0 Å². The Morgan fingerprint density at radius 1 is 0.963 bits per heavy atom. The Balaban J connectivity index is 1.74. The number of anilines is 3. The van der Waals surface area contributed by atoms with Gasteiger partial charge in [0.2, 0.25) is 5.95 Å². The van der Waals surface area contributed by atoms with E-state index < -0.39 is 0 Å². The highest BCUT2D eigenvalue weighted by molar-refractivity contribution is 6.03. The molecule has 0 saturated carbocycles. The monoisotopic (exact) mass is 360 g/mol. The molecule has 0 aliphatic rings. The van der Waals surface area contributed by atoms with Gasteiger partial charge in [0.1, 0.15) is 0 Å². The predicted octanol–water partition coefficient (Wildman–Crippen LogP) is 5.08. The molecule has 0 unspecified atom stereocenters. The second-order valence-electron chi connectivity index (χ2n) is 7.54. The third-order valence-electron chi connectivity index (χ3n) is 4.17. The van der Waals surface area contributed by atoms with Crippen LogP contribution in [0, 0.1) is 6.92 Å². The molecular weight excluding hydrogens is 336 g/mol. The SMILES string of the molecule is Cc1cccc(NC(=O)c2cnc(Nc3ccccc3C(C)(C)C)nc2)c1. The lowest BCUT2D eigenvalue weighted by atomic mass is 9.86. The van der Waals surface area contributed by atoms with Crippen molar-refractivity contribution in [3.05, 3.63) is 77.6 Å². The number of nitrogens with one attached hydrogen (secondary N) is 2. The zero-order chi connectivity index (χ0) is 19.4. The summed E-state index contributed by atoms with van der Waals surface area (Å²) < 4.78 is 0. The van der Waals surface area contributed by atoms with Crippen LogP contribution in [0.3, 0.4) is 0 Å². The highest BCUT2D eigenvalue weighted by atomic mass is 16.1. The Kier molecular flexibility index (Phi) is 5.21. The Labute approximate surface area is 159 Å². The van der Waals surface area contributed by atoms with Crippen molar-refractivity contribution in [2.45, 2.75) is 33.1 Å². The molecule has 3 aromatic rings. The molecule has 1 amide bonds. The second kappa shape index (κ2) is 7.58. The largest absolute Gasteiger partial charge is 0.324 e. The molecule has 5 heteroatoms. The Morgan fingerprint density at radius 2 is 1.67 bits per heavy atom. The molecule has 0 atom stereocenters. The quantitative estimate of drug-likeness (QED) is 0.681. The summed E-state index contributed by atoms with van der Waals surface area (Å²) in [5.74, 6) is 0.223. The van der Waals surface area contributed by atoms with Gasteiger partial charge in [-0.05, 0) is 41.7 Å². The minimum Gasteiger partial charge on any atom is -0.324 e. The van der Waals surface area contributed by atoms with Gasteiger partial charge < -0.3 is 10.6 Å². The van der Waals surface area contributed by atoms with Crippen molar-refractivity contribution >= 4 is 23.2 Å². The number of rotatable bonds is 4. The zero-order valence-corrected chi connectivity index (χ0v) is 16.1. The molecule has 0 aliphatic carbocycles. The van der Waals surface area contributed by atoms with Gasteiger partial charge in [0.15, 0.2) is 0 Å². The molecule has 0 spiro atoms. The van der Waals surface area contributed by atoms with Gasteiger partial charge in [0, 0.05) is 23.8 Å². The van der Waals surface area contributed by atoms with Crippen molar-refractivity contribution in [3.8, 4) is 0 Å². The van der Waals surface area contributed by atoms with Crippen LogP contribution in [0.4, 0.5) is 17.3 Å². The van der Waals surface area contributed by atoms with Crippen LogP contribution in [0.1, 0.15) is 42.3 Å². The average molecular weight is 360 g/mol. The van der Waals surface area contributed by atoms with Crippen molar-refractivity contribution in [1.82, 2.24) is 9.97 Å². The lowest BCUT2D eigenvalue weighted by Crippen LogP contribution is -2.15. The lowest BCUT2D eigenvalue weighted by Gasteiger charge is -2.22. The van der Waals surface area contributed by atoms with Gasteiger partial charge >= 0.3 is 0 Å². The van der Waals surface area contributed by atoms with E-state index in [9.17, 15) is 4.79 Å². The first-order chi connectivity index (χ1) is 12.8. The topological polar surface area (TPSA) is 66.9 Å². The van der Waals surface area contributed by atoms with E-state index in [2.05, 4.69) is 47.4 Å². The molecule has 0 aliphatic heterocycles. The van der Waals surface area contributed by atoms with Crippen molar-refractivity contribution in [3.63, 3.8) is 0 Å². The Bertz CT molecular complexity index is 943. The molecule has 2 aromatic carbocycles. The number of carbonyl (C=O) groups is 1. The number of hydrogen-bond donors (Lipinski definition) is 2. The first-order valence-corrected chi connectivity index (χ1v) is 8.89. The van der Waals surface area contributed by atoms with Crippen LogP contribution in [0.2, 0.25) is 0 Å². The van der Waals surface area contributed by atoms with Gasteiger partial charge in [0.25, 0.3) is 5.91 Å². The summed E-state index contributed by atoms with van der Waals surface area (Å²) in [4.78, 5) is 21.0. The number of aryl methyl sites for hydroxylation is 1. The second-order valence-corrected chi connectivity index (χ2v) is 7.54. The van der Waals surface area contributed by atoms with E-state index in [1.54, 1.807) is 0 Å². The van der Waals surface area contributed by atoms with E-state index >= 15 is 0 Å². The van der Waals surface area contributed by atoms with Crippen LogP contribution < -0.4 is 10.6 Å². The highest BCUT2D eigenvalue weighted by Crippen LogP contribution is 2.30. The number of benzene rings is 2. The van der Waals surface area contributed by atoms with E-state index in [-0.39, 0.29) is 11.3 Å². The third kappa shape index (κ3) is 4.70. The minimum absolute atomic E-state index is 0.00274. The number of hydrogen-bond acceptors (Lipinski definition) is 4. The maximum atomic E-state index is 12.4. The average Bonchev–Trinajstić information content (AvgIpc) is 2.62. The predicted molar refractivity (Wildman–Crippen MR) is 110 cm³/mol. The van der Waals surface area contributed by atoms with E-state index in [0.29, 0.717) is 11.5 Å². The van der Waals surface area contributed by atoms with E-state index in [4.69, 9.17) is 0 Å². The molecule has 3 rings (SSSR count). The summed E-state index contributed by atoms with van der Waals surface area (Å²) in [7, 11) is 0. The van der Waals surface area contributed by atoms with Gasteiger partial charge in [-0.1, -0.05) is 51.1 Å². The molecule has 138 valence electrons. The van der Waals surface area contributed by atoms with E-state index in [1.807, 2.05) is 49.4 Å². The normalized spacial score (nSPS) is 11.1. The molecule has 0 radical (unpaired) electrons. The fourth-order valence-electron chi connectivity index (χ4n) is 2.80. The van der Waals surface area contributed by atoms with Crippen LogP contribution in [-0.2, 0) is 5.41 Å².